The number of allylic oxidation sites excluding steroid dienone is 1. The summed E-state index contributed by atoms with van der Waals surface area (Å²) in [5.41, 5.74) is 0. The Kier molecular flexibility index (Phi) is 3.62. The minimum Gasteiger partial charge on any atom is -0.131 e. The Morgan fingerprint density at radius 1 is 0.812 bits per heavy atom. The lowest BCUT2D eigenvalue weighted by atomic mass is 10.4. The van der Waals surface area contributed by atoms with Crippen LogP contribution in [0.4, 0.5) is 0 Å². The highest BCUT2D eigenvalue weighted by Gasteiger charge is 2.22. The summed E-state index contributed by atoms with van der Waals surface area (Å²) in [4.78, 5) is 0. The van der Waals surface area contributed by atoms with Crippen LogP contribution in [0.25, 0.3) is 0 Å². The van der Waals surface area contributed by atoms with Crippen LogP contribution in [-0.2, 0) is 0 Å². The van der Waals surface area contributed by atoms with Crippen LogP contribution < -0.4 is 8.85 Å². The fourth-order valence-electron chi connectivity index (χ4n) is 2.05. The summed E-state index contributed by atoms with van der Waals surface area (Å²) in [6.07, 6.45) is 0. The standard InChI is InChI=1S/2C6H5.C3H5.Al/c2*1-2-4-6-5-3-1;1-3-2;/h2*1-5H;1H2,2H3;. The Morgan fingerprint density at radius 3 is 1.50 bits per heavy atom. The van der Waals surface area contributed by atoms with Gasteiger partial charge in [-0.05, 0) is 0 Å². The van der Waals surface area contributed by atoms with E-state index in [2.05, 4.69) is 74.2 Å². The summed E-state index contributed by atoms with van der Waals surface area (Å²) in [5.74, 6) is 0. The Labute approximate surface area is 102 Å². The van der Waals surface area contributed by atoms with Gasteiger partial charge in [-0.25, -0.2) is 0 Å². The van der Waals surface area contributed by atoms with Gasteiger partial charge < -0.3 is 0 Å². The number of hydrogen-bond donors (Lipinski definition) is 0. The van der Waals surface area contributed by atoms with Gasteiger partial charge in [0.15, 0.2) is 0 Å². The van der Waals surface area contributed by atoms with Gasteiger partial charge >= 0.3 is 14.1 Å². The highest BCUT2D eigenvalue weighted by Crippen LogP contribution is 2.00. The zero-order valence-electron chi connectivity index (χ0n) is 9.56. The van der Waals surface area contributed by atoms with E-state index in [1.807, 2.05) is 0 Å². The third-order valence-electron chi connectivity index (χ3n) is 2.76. The van der Waals surface area contributed by atoms with E-state index in [9.17, 15) is 0 Å². The predicted molar refractivity (Wildman–Crippen MR) is 72.7 cm³/mol. The monoisotopic (exact) mass is 222 g/mol. The molecule has 16 heavy (non-hydrogen) atoms. The molecule has 0 spiro atoms. The van der Waals surface area contributed by atoms with E-state index in [1.165, 1.54) is 13.3 Å². The first-order chi connectivity index (χ1) is 7.79. The van der Waals surface area contributed by atoms with E-state index in [-0.39, 0.29) is 0 Å². The molecule has 0 aliphatic carbocycles. The van der Waals surface area contributed by atoms with Crippen molar-refractivity contribution in [1.29, 1.82) is 0 Å². The smallest absolute Gasteiger partial charge is 0.131 e. The van der Waals surface area contributed by atoms with E-state index in [1.54, 1.807) is 0 Å². The summed E-state index contributed by atoms with van der Waals surface area (Å²) in [6, 6.07) is 21.5. The van der Waals surface area contributed by atoms with E-state index in [0.717, 1.165) is 0 Å². The average Bonchev–Trinajstić information content (AvgIpc) is 2.31. The maximum Gasteiger partial charge on any atom is 0.378 e. The SMILES string of the molecule is C=[C](C)[Al]([c]1ccccc1)[c]1ccccc1. The summed E-state index contributed by atoms with van der Waals surface area (Å²) >= 11 is -1.22. The fourth-order valence-corrected chi connectivity index (χ4v) is 4.79. The van der Waals surface area contributed by atoms with Gasteiger partial charge in [-0.2, -0.15) is 0 Å². The number of hydrogen-bond acceptors (Lipinski definition) is 0. The van der Waals surface area contributed by atoms with Gasteiger partial charge in [0.1, 0.15) is 0 Å². The van der Waals surface area contributed by atoms with Crippen LogP contribution in [0.2, 0.25) is 0 Å². The van der Waals surface area contributed by atoms with Gasteiger partial charge in [0.25, 0.3) is 0 Å². The van der Waals surface area contributed by atoms with Crippen LogP contribution in [0, 0.1) is 0 Å². The van der Waals surface area contributed by atoms with Gasteiger partial charge in [0, 0.05) is 0 Å². The quantitative estimate of drug-likeness (QED) is 0.700. The molecule has 0 heterocycles. The lowest BCUT2D eigenvalue weighted by Gasteiger charge is -2.12. The first-order valence-corrected chi connectivity index (χ1v) is 7.27. The Bertz CT molecular complexity index is 420. The van der Waals surface area contributed by atoms with Crippen molar-refractivity contribution in [2.75, 3.05) is 0 Å². The lowest BCUT2D eigenvalue weighted by Crippen LogP contribution is -2.43. The van der Waals surface area contributed by atoms with Crippen molar-refractivity contribution in [2.24, 2.45) is 0 Å². The van der Waals surface area contributed by atoms with Gasteiger partial charge in [-0.15, -0.1) is 11.0 Å². The second kappa shape index (κ2) is 5.17. The second-order valence-electron chi connectivity index (χ2n) is 4.10. The van der Waals surface area contributed by atoms with Crippen molar-refractivity contribution < 1.29 is 0 Å². The van der Waals surface area contributed by atoms with Crippen LogP contribution in [0.3, 0.4) is 0 Å². The summed E-state index contributed by atoms with van der Waals surface area (Å²) in [5, 5.41) is 0. The summed E-state index contributed by atoms with van der Waals surface area (Å²) in [6.45, 7) is 6.32. The molecule has 0 saturated carbocycles. The zero-order chi connectivity index (χ0) is 11.4. The van der Waals surface area contributed by atoms with E-state index in [4.69, 9.17) is 0 Å². The van der Waals surface area contributed by atoms with E-state index in [0.29, 0.717) is 0 Å². The number of benzene rings is 2. The van der Waals surface area contributed by atoms with Gasteiger partial charge in [-0.3, -0.25) is 0 Å². The first kappa shape index (κ1) is 11.2. The van der Waals surface area contributed by atoms with Crippen molar-refractivity contribution in [3.05, 3.63) is 71.7 Å². The summed E-state index contributed by atoms with van der Waals surface area (Å²) < 4.78 is 4.21. The molecule has 0 fully saturated rings. The Hall–Kier alpha value is -1.29. The minimum absolute atomic E-state index is 1.22. The maximum atomic E-state index is 4.17. The molecule has 0 aromatic heterocycles. The topological polar surface area (TPSA) is 0 Å². The molecule has 0 nitrogen and oxygen atoms in total. The molecule has 0 atom stereocenters. The van der Waals surface area contributed by atoms with Crippen LogP contribution in [0.1, 0.15) is 6.92 Å². The van der Waals surface area contributed by atoms with Crippen LogP contribution in [-0.4, -0.2) is 14.1 Å². The number of rotatable bonds is 3. The van der Waals surface area contributed by atoms with E-state index < -0.39 is 14.1 Å². The molecule has 0 amide bonds. The van der Waals surface area contributed by atoms with Crippen molar-refractivity contribution in [3.8, 4) is 0 Å². The highest BCUT2D eigenvalue weighted by molar-refractivity contribution is 6.90. The Balaban J connectivity index is 2.44. The molecule has 0 bridgehead atoms. The minimum atomic E-state index is -1.22. The summed E-state index contributed by atoms with van der Waals surface area (Å²) in [7, 11) is 0. The van der Waals surface area contributed by atoms with Crippen molar-refractivity contribution in [3.63, 3.8) is 0 Å². The molecule has 0 radical (unpaired) electrons. The van der Waals surface area contributed by atoms with Crippen LogP contribution in [0.5, 0.6) is 0 Å². The van der Waals surface area contributed by atoms with Crippen molar-refractivity contribution in [2.45, 2.75) is 6.92 Å². The predicted octanol–water partition coefficient (Wildman–Crippen LogP) is 2.41. The van der Waals surface area contributed by atoms with Crippen molar-refractivity contribution >= 4 is 23.0 Å². The van der Waals surface area contributed by atoms with Crippen LogP contribution >= 0.6 is 0 Å². The van der Waals surface area contributed by atoms with E-state index >= 15 is 0 Å². The van der Waals surface area contributed by atoms with Crippen LogP contribution in [0.15, 0.2) is 71.7 Å². The third-order valence-corrected chi connectivity index (χ3v) is 5.85. The zero-order valence-corrected chi connectivity index (χ0v) is 10.7. The normalized spacial score (nSPS) is 9.81. The Morgan fingerprint density at radius 2 is 1.19 bits per heavy atom. The molecule has 0 N–H and O–H groups in total. The third kappa shape index (κ3) is 2.44. The largest absolute Gasteiger partial charge is 0.378 e. The molecule has 1 heteroatoms. The molecule has 2 rings (SSSR count). The molecule has 2 aromatic carbocycles. The molecular weight excluding hydrogens is 207 g/mol. The average molecular weight is 222 g/mol. The molecule has 78 valence electrons. The molecule has 2 aromatic rings. The molecule has 0 saturated heterocycles. The molecule has 0 aliphatic heterocycles. The second-order valence-corrected chi connectivity index (χ2v) is 7.29. The lowest BCUT2D eigenvalue weighted by molar-refractivity contribution is 1.64. The van der Waals surface area contributed by atoms with Gasteiger partial charge in [0.2, 0.25) is 0 Å². The fraction of sp³-hybridized carbons (Fsp3) is 0.0667. The maximum absolute atomic E-state index is 4.17. The highest BCUT2D eigenvalue weighted by atomic mass is 27.2. The molecule has 0 aliphatic rings. The first-order valence-electron chi connectivity index (χ1n) is 5.54. The molecule has 0 unspecified atom stereocenters. The van der Waals surface area contributed by atoms with Crippen molar-refractivity contribution in [1.82, 2.24) is 0 Å². The van der Waals surface area contributed by atoms with Gasteiger partial charge in [0.05, 0.1) is 0 Å². The van der Waals surface area contributed by atoms with Gasteiger partial charge in [-0.1, -0.05) is 76.4 Å². The molecular formula is C15H15Al.